The van der Waals surface area contributed by atoms with Crippen LogP contribution in [0.1, 0.15) is 22.3 Å². The number of fused-ring (bicyclic) bond motifs is 22. The highest BCUT2D eigenvalue weighted by Gasteiger charge is 2.53. The lowest BCUT2D eigenvalue weighted by atomic mass is 9.68. The summed E-state index contributed by atoms with van der Waals surface area (Å²) in [5.41, 5.74) is 24.3. The molecular weight excluding hydrogens is 1080 g/mol. The fourth-order valence-corrected chi connectivity index (χ4v) is 15.4. The molecule has 2 aromatic heterocycles. The number of furan rings is 2. The number of benzene rings is 15. The minimum atomic E-state index is -0.612. The number of hydrogen-bond donors (Lipinski definition) is 0. The third kappa shape index (κ3) is 7.23. The lowest BCUT2D eigenvalue weighted by Gasteiger charge is -2.32. The third-order valence-corrected chi connectivity index (χ3v) is 19.2. The second-order valence-corrected chi connectivity index (χ2v) is 23.8. The Morgan fingerprint density at radius 2 is 0.674 bits per heavy atom. The maximum Gasteiger partial charge on any atom is 0.159 e. The predicted octanol–water partition coefficient (Wildman–Crippen LogP) is 23.6. The Hall–Kier alpha value is -11.7. The zero-order valence-electron chi connectivity index (χ0n) is 48.2. The molecule has 0 fully saturated rings. The molecule has 1 spiro atoms. The van der Waals surface area contributed by atoms with Crippen molar-refractivity contribution in [2.45, 2.75) is 5.41 Å². The van der Waals surface area contributed by atoms with Crippen molar-refractivity contribution in [3.05, 3.63) is 338 Å². The molecule has 0 saturated carbocycles. The number of anilines is 6. The quantitative estimate of drug-likeness (QED) is 0.152. The van der Waals surface area contributed by atoms with Crippen molar-refractivity contribution in [3.8, 4) is 44.5 Å². The zero-order chi connectivity index (χ0) is 58.3. The van der Waals surface area contributed by atoms with Crippen molar-refractivity contribution in [1.82, 2.24) is 0 Å². The summed E-state index contributed by atoms with van der Waals surface area (Å²) in [6, 6.07) is 116. The molecule has 0 amide bonds. The summed E-state index contributed by atoms with van der Waals surface area (Å²) in [4.78, 5) is 4.62. The van der Waals surface area contributed by atoms with E-state index in [1.807, 2.05) is 12.1 Å². The molecule has 19 rings (SSSR count). The van der Waals surface area contributed by atoms with E-state index in [0.29, 0.717) is 0 Å². The first kappa shape index (κ1) is 49.5. The van der Waals surface area contributed by atoms with E-state index in [4.69, 9.17) is 8.83 Å². The Morgan fingerprint density at radius 1 is 0.247 bits per heavy atom. The molecule has 2 heterocycles. The van der Waals surface area contributed by atoms with Crippen LogP contribution >= 0.6 is 0 Å². The van der Waals surface area contributed by atoms with Crippen LogP contribution in [0.15, 0.2) is 324 Å². The normalized spacial score (nSPS) is 12.8. The lowest BCUT2D eigenvalue weighted by Crippen LogP contribution is -2.26. The van der Waals surface area contributed by atoms with E-state index in [-0.39, 0.29) is 0 Å². The van der Waals surface area contributed by atoms with Gasteiger partial charge in [0.05, 0.1) is 16.8 Å². The molecular formula is C85H52N2O2. The molecule has 17 aromatic rings. The molecule has 0 saturated heterocycles. The largest absolute Gasteiger partial charge is 0.454 e. The monoisotopic (exact) mass is 1130 g/mol. The molecule has 414 valence electrons. The van der Waals surface area contributed by atoms with Crippen LogP contribution < -0.4 is 9.80 Å². The van der Waals surface area contributed by atoms with Gasteiger partial charge in [-0.15, -0.1) is 0 Å². The summed E-state index contributed by atoms with van der Waals surface area (Å²) in [5, 5.41) is 11.9. The van der Waals surface area contributed by atoms with Crippen molar-refractivity contribution in [1.29, 1.82) is 0 Å². The number of hydrogen-bond acceptors (Lipinski definition) is 4. The predicted molar refractivity (Wildman–Crippen MR) is 370 cm³/mol. The minimum absolute atomic E-state index is 0.612. The second kappa shape index (κ2) is 19.1. The van der Waals surface area contributed by atoms with Crippen molar-refractivity contribution in [2.24, 2.45) is 0 Å². The average molecular weight is 1130 g/mol. The van der Waals surface area contributed by atoms with Crippen LogP contribution in [0.3, 0.4) is 0 Å². The summed E-state index contributed by atoms with van der Waals surface area (Å²) in [5.74, 6) is 0. The van der Waals surface area contributed by atoms with E-state index < -0.39 is 5.41 Å². The summed E-state index contributed by atoms with van der Waals surface area (Å²) < 4.78 is 13.3. The van der Waals surface area contributed by atoms with E-state index in [2.05, 4.69) is 313 Å². The van der Waals surface area contributed by atoms with Gasteiger partial charge < -0.3 is 18.6 Å². The molecule has 0 atom stereocenters. The average Bonchev–Trinajstić information content (AvgIpc) is 1.50. The first-order chi connectivity index (χ1) is 44.1. The van der Waals surface area contributed by atoms with Gasteiger partial charge in [-0.1, -0.05) is 231 Å². The molecule has 2 aliphatic rings. The van der Waals surface area contributed by atoms with E-state index >= 15 is 0 Å². The number of para-hydroxylation sites is 6. The highest BCUT2D eigenvalue weighted by Crippen LogP contribution is 2.66. The Morgan fingerprint density at radius 3 is 1.21 bits per heavy atom. The molecule has 0 radical (unpaired) electrons. The lowest BCUT2D eigenvalue weighted by molar-refractivity contribution is 0.668. The van der Waals surface area contributed by atoms with Crippen LogP contribution in [-0.4, -0.2) is 0 Å². The molecule has 4 nitrogen and oxygen atoms in total. The first-order valence-electron chi connectivity index (χ1n) is 30.6. The van der Waals surface area contributed by atoms with Gasteiger partial charge in [0.15, 0.2) is 11.2 Å². The molecule has 15 aromatic carbocycles. The summed E-state index contributed by atoms with van der Waals surface area (Å²) in [6.07, 6.45) is 0. The van der Waals surface area contributed by atoms with Gasteiger partial charge in [-0.25, -0.2) is 0 Å². The summed E-state index contributed by atoms with van der Waals surface area (Å²) >= 11 is 0. The number of rotatable bonds is 8. The van der Waals surface area contributed by atoms with E-state index in [1.165, 1.54) is 88.0 Å². The Balaban J connectivity index is 0.741. The van der Waals surface area contributed by atoms with Crippen molar-refractivity contribution in [3.63, 3.8) is 0 Å². The Labute approximate surface area is 513 Å². The van der Waals surface area contributed by atoms with E-state index in [0.717, 1.165) is 89.1 Å². The standard InChI is InChI=1S/C85H52N2O2/c1-3-18-60(19-4-1)86(76-29-15-26-71-67-23-10-13-31-78(67)88-83(71)76)62-42-33-53(34-43-62)56-37-46-65-58(51-56)39-48-69-70-49-40-59-52-57(38-47-66(59)82(70)85(81(65)69)74-28-12-9-25-73(74)80-64-22-8-7-17-55(64)41-50-75(80)85)54-35-44-63(45-36-54)87(61-20-5-2-6-21-61)77-30-16-27-72-68-24-11-14-32-79(68)89-84(72)77/h1-52H. The van der Waals surface area contributed by atoms with Gasteiger partial charge in [-0.2, -0.15) is 0 Å². The van der Waals surface area contributed by atoms with Crippen LogP contribution in [0.5, 0.6) is 0 Å². The molecule has 0 bridgehead atoms. The highest BCUT2D eigenvalue weighted by atomic mass is 16.3. The van der Waals surface area contributed by atoms with Gasteiger partial charge in [-0.05, 0) is 184 Å². The molecule has 89 heavy (non-hydrogen) atoms. The van der Waals surface area contributed by atoms with Gasteiger partial charge in [0.2, 0.25) is 0 Å². The summed E-state index contributed by atoms with van der Waals surface area (Å²) in [6.45, 7) is 0. The summed E-state index contributed by atoms with van der Waals surface area (Å²) in [7, 11) is 0. The van der Waals surface area contributed by atoms with E-state index in [9.17, 15) is 0 Å². The molecule has 2 aliphatic carbocycles. The van der Waals surface area contributed by atoms with Gasteiger partial charge in [0, 0.05) is 44.3 Å². The molecule has 4 heteroatoms. The van der Waals surface area contributed by atoms with Crippen LogP contribution in [-0.2, 0) is 5.41 Å². The topological polar surface area (TPSA) is 32.8 Å². The first-order valence-corrected chi connectivity index (χ1v) is 30.6. The zero-order valence-corrected chi connectivity index (χ0v) is 48.2. The van der Waals surface area contributed by atoms with Gasteiger partial charge in [0.25, 0.3) is 0 Å². The van der Waals surface area contributed by atoms with E-state index in [1.54, 1.807) is 0 Å². The maximum atomic E-state index is 6.63. The fraction of sp³-hybridized carbons (Fsp3) is 0.0118. The molecule has 0 N–H and O–H groups in total. The molecule has 0 unspecified atom stereocenters. The second-order valence-electron chi connectivity index (χ2n) is 23.8. The minimum Gasteiger partial charge on any atom is -0.454 e. The van der Waals surface area contributed by atoms with Crippen molar-refractivity contribution < 1.29 is 8.83 Å². The SMILES string of the molecule is c1ccc(N(c2ccc(-c3ccc4c5c(ccc4c3)-c3ccc4cc(-c6ccc(N(c7ccccc7)c7cccc8c7oc7ccccc78)cc6)ccc4c3C53c4ccccc4-c4c3ccc3ccccc43)cc2)c2cccc3c2oc2ccccc23)cc1. The van der Waals surface area contributed by atoms with Crippen molar-refractivity contribution >= 4 is 110 Å². The maximum absolute atomic E-state index is 6.63. The van der Waals surface area contributed by atoms with Crippen LogP contribution in [0.25, 0.3) is 121 Å². The van der Waals surface area contributed by atoms with Gasteiger partial charge in [-0.3, -0.25) is 0 Å². The van der Waals surface area contributed by atoms with Crippen LogP contribution in [0, 0.1) is 0 Å². The van der Waals surface area contributed by atoms with Crippen LogP contribution in [0.4, 0.5) is 34.1 Å². The van der Waals surface area contributed by atoms with Crippen LogP contribution in [0.2, 0.25) is 0 Å². The Bertz CT molecular complexity index is 5450. The Kier molecular flexibility index (Phi) is 10.7. The smallest absolute Gasteiger partial charge is 0.159 e. The van der Waals surface area contributed by atoms with Gasteiger partial charge >= 0.3 is 0 Å². The van der Waals surface area contributed by atoms with Crippen molar-refractivity contribution in [2.75, 3.05) is 9.80 Å². The van der Waals surface area contributed by atoms with Gasteiger partial charge in [0.1, 0.15) is 11.2 Å². The third-order valence-electron chi connectivity index (χ3n) is 19.2. The number of nitrogens with zero attached hydrogens (tertiary/aromatic N) is 2. The molecule has 0 aliphatic heterocycles. The fourth-order valence-electron chi connectivity index (χ4n) is 15.4. The highest BCUT2D eigenvalue weighted by molar-refractivity contribution is 6.15.